The highest BCUT2D eigenvalue weighted by atomic mass is 35.5. The molecular weight excluding hydrogens is 305 g/mol. The number of aryl methyl sites for hydroxylation is 1. The third-order valence-electron chi connectivity index (χ3n) is 3.71. The molecule has 0 bridgehead atoms. The lowest BCUT2D eigenvalue weighted by atomic mass is 10.1. The van der Waals surface area contributed by atoms with Gasteiger partial charge in [0.1, 0.15) is 5.82 Å². The number of aromatic nitrogens is 2. The van der Waals surface area contributed by atoms with Crippen LogP contribution in [0, 0.1) is 19.7 Å². The second kappa shape index (κ2) is 7.22. The minimum atomic E-state index is -0.393. The van der Waals surface area contributed by atoms with Crippen molar-refractivity contribution in [3.05, 3.63) is 51.6 Å². The molecule has 120 valence electrons. The second-order valence-corrected chi connectivity index (χ2v) is 5.92. The summed E-state index contributed by atoms with van der Waals surface area (Å²) in [5.74, 6) is -0.393. The SMILES string of the molecule is Cc1nn(CCO)c(C)c1CN(C)Cc1ccc(Cl)c(F)c1. The van der Waals surface area contributed by atoms with Gasteiger partial charge >= 0.3 is 0 Å². The van der Waals surface area contributed by atoms with Gasteiger partial charge in [-0.15, -0.1) is 0 Å². The van der Waals surface area contributed by atoms with Crippen molar-refractivity contribution in [1.29, 1.82) is 0 Å². The highest BCUT2D eigenvalue weighted by Crippen LogP contribution is 2.19. The lowest BCUT2D eigenvalue weighted by Crippen LogP contribution is -2.18. The first kappa shape index (κ1) is 16.9. The van der Waals surface area contributed by atoms with Crippen LogP contribution in [0.5, 0.6) is 0 Å². The lowest BCUT2D eigenvalue weighted by Gasteiger charge is -2.17. The van der Waals surface area contributed by atoms with Gasteiger partial charge in [0.05, 0.1) is 23.9 Å². The highest BCUT2D eigenvalue weighted by molar-refractivity contribution is 6.30. The summed E-state index contributed by atoms with van der Waals surface area (Å²) in [5.41, 5.74) is 4.04. The summed E-state index contributed by atoms with van der Waals surface area (Å²) >= 11 is 5.70. The van der Waals surface area contributed by atoms with E-state index in [0.29, 0.717) is 19.6 Å². The Kier molecular flexibility index (Phi) is 5.56. The summed E-state index contributed by atoms with van der Waals surface area (Å²) < 4.78 is 15.3. The Labute approximate surface area is 135 Å². The van der Waals surface area contributed by atoms with Crippen LogP contribution in [0.1, 0.15) is 22.5 Å². The number of aliphatic hydroxyl groups is 1. The molecule has 1 heterocycles. The monoisotopic (exact) mass is 325 g/mol. The number of aliphatic hydroxyl groups excluding tert-OH is 1. The van der Waals surface area contributed by atoms with E-state index >= 15 is 0 Å². The lowest BCUT2D eigenvalue weighted by molar-refractivity contribution is 0.267. The van der Waals surface area contributed by atoms with Gasteiger partial charge in [-0.2, -0.15) is 5.10 Å². The zero-order valence-electron chi connectivity index (χ0n) is 13.1. The summed E-state index contributed by atoms with van der Waals surface area (Å²) in [7, 11) is 1.98. The third-order valence-corrected chi connectivity index (χ3v) is 4.01. The molecule has 0 saturated carbocycles. The quantitative estimate of drug-likeness (QED) is 0.888. The van der Waals surface area contributed by atoms with Gasteiger partial charge in [0, 0.05) is 24.3 Å². The van der Waals surface area contributed by atoms with Crippen molar-refractivity contribution in [3.8, 4) is 0 Å². The maximum Gasteiger partial charge on any atom is 0.142 e. The molecule has 1 aromatic carbocycles. The van der Waals surface area contributed by atoms with Crippen molar-refractivity contribution in [2.24, 2.45) is 0 Å². The van der Waals surface area contributed by atoms with Gasteiger partial charge in [-0.05, 0) is 38.6 Å². The fraction of sp³-hybridized carbons (Fsp3) is 0.438. The first-order valence-electron chi connectivity index (χ1n) is 7.18. The first-order valence-corrected chi connectivity index (χ1v) is 7.56. The Morgan fingerprint density at radius 3 is 2.68 bits per heavy atom. The van der Waals surface area contributed by atoms with E-state index in [1.165, 1.54) is 6.07 Å². The fourth-order valence-corrected chi connectivity index (χ4v) is 2.67. The van der Waals surface area contributed by atoms with Crippen molar-refractivity contribution in [1.82, 2.24) is 14.7 Å². The van der Waals surface area contributed by atoms with Crippen LogP contribution in [0.2, 0.25) is 5.02 Å². The number of benzene rings is 1. The predicted octanol–water partition coefficient (Wildman–Crippen LogP) is 2.92. The van der Waals surface area contributed by atoms with Crippen LogP contribution in [-0.4, -0.2) is 33.4 Å². The zero-order valence-corrected chi connectivity index (χ0v) is 13.9. The molecule has 0 spiro atoms. The number of nitrogens with zero attached hydrogens (tertiary/aromatic N) is 3. The highest BCUT2D eigenvalue weighted by Gasteiger charge is 2.13. The van der Waals surface area contributed by atoms with Crippen LogP contribution in [0.25, 0.3) is 0 Å². The number of hydrogen-bond donors (Lipinski definition) is 1. The van der Waals surface area contributed by atoms with Gasteiger partial charge in [-0.1, -0.05) is 17.7 Å². The molecule has 0 atom stereocenters. The van der Waals surface area contributed by atoms with Crippen molar-refractivity contribution in [2.45, 2.75) is 33.5 Å². The minimum Gasteiger partial charge on any atom is -0.394 e. The van der Waals surface area contributed by atoms with E-state index in [2.05, 4.69) is 10.00 Å². The van der Waals surface area contributed by atoms with Crippen molar-refractivity contribution in [2.75, 3.05) is 13.7 Å². The first-order chi connectivity index (χ1) is 10.4. The summed E-state index contributed by atoms with van der Waals surface area (Å²) in [6.45, 7) is 5.87. The van der Waals surface area contributed by atoms with Crippen LogP contribution in [0.4, 0.5) is 4.39 Å². The van der Waals surface area contributed by atoms with E-state index in [9.17, 15) is 4.39 Å². The fourth-order valence-electron chi connectivity index (χ4n) is 2.55. The maximum atomic E-state index is 13.5. The van der Waals surface area contributed by atoms with Crippen LogP contribution in [0.3, 0.4) is 0 Å². The molecule has 2 rings (SSSR count). The largest absolute Gasteiger partial charge is 0.394 e. The molecule has 0 radical (unpaired) electrons. The molecule has 0 unspecified atom stereocenters. The molecule has 0 aliphatic rings. The molecule has 0 fully saturated rings. The van der Waals surface area contributed by atoms with Crippen molar-refractivity contribution >= 4 is 11.6 Å². The van der Waals surface area contributed by atoms with Crippen LogP contribution in [0.15, 0.2) is 18.2 Å². The molecule has 0 amide bonds. The molecule has 0 aliphatic heterocycles. The summed E-state index contributed by atoms with van der Waals surface area (Å²) in [4.78, 5) is 2.10. The van der Waals surface area contributed by atoms with E-state index < -0.39 is 5.82 Å². The normalized spacial score (nSPS) is 11.4. The third kappa shape index (κ3) is 3.85. The molecule has 4 nitrogen and oxygen atoms in total. The van der Waals surface area contributed by atoms with Gasteiger partial charge < -0.3 is 5.11 Å². The van der Waals surface area contributed by atoms with Crippen LogP contribution < -0.4 is 0 Å². The van der Waals surface area contributed by atoms with Crippen molar-refractivity contribution < 1.29 is 9.50 Å². The topological polar surface area (TPSA) is 41.3 Å². The molecule has 0 saturated heterocycles. The number of halogens is 2. The number of rotatable bonds is 6. The van der Waals surface area contributed by atoms with E-state index in [4.69, 9.17) is 16.7 Å². The molecular formula is C16H21ClFN3O. The Hall–Kier alpha value is -1.43. The Morgan fingerprint density at radius 1 is 1.32 bits per heavy atom. The van der Waals surface area contributed by atoms with Crippen molar-refractivity contribution in [3.63, 3.8) is 0 Å². The minimum absolute atomic E-state index is 0.0707. The van der Waals surface area contributed by atoms with Gasteiger partial charge in [-0.3, -0.25) is 9.58 Å². The van der Waals surface area contributed by atoms with Crippen LogP contribution >= 0.6 is 11.6 Å². The van der Waals surface area contributed by atoms with E-state index in [-0.39, 0.29) is 11.6 Å². The van der Waals surface area contributed by atoms with Gasteiger partial charge in [0.25, 0.3) is 0 Å². The Morgan fingerprint density at radius 2 is 2.05 bits per heavy atom. The average molecular weight is 326 g/mol. The molecule has 22 heavy (non-hydrogen) atoms. The summed E-state index contributed by atoms with van der Waals surface area (Å²) in [5, 5.41) is 13.6. The molecule has 0 aliphatic carbocycles. The predicted molar refractivity (Wildman–Crippen MR) is 85.4 cm³/mol. The van der Waals surface area contributed by atoms with Gasteiger partial charge in [-0.25, -0.2) is 4.39 Å². The summed E-state index contributed by atoms with van der Waals surface area (Å²) in [6.07, 6.45) is 0. The zero-order chi connectivity index (χ0) is 16.3. The smallest absolute Gasteiger partial charge is 0.142 e. The Bertz CT molecular complexity index is 657. The maximum absolute atomic E-state index is 13.5. The Balaban J connectivity index is 2.08. The summed E-state index contributed by atoms with van der Waals surface area (Å²) in [6, 6.07) is 4.88. The number of hydrogen-bond acceptors (Lipinski definition) is 3. The molecule has 1 aromatic heterocycles. The van der Waals surface area contributed by atoms with E-state index in [0.717, 1.165) is 22.5 Å². The molecule has 6 heteroatoms. The molecule has 1 N–H and O–H groups in total. The van der Waals surface area contributed by atoms with E-state index in [1.54, 1.807) is 6.07 Å². The van der Waals surface area contributed by atoms with Gasteiger partial charge in [0.15, 0.2) is 0 Å². The van der Waals surface area contributed by atoms with Crippen LogP contribution in [-0.2, 0) is 19.6 Å². The van der Waals surface area contributed by atoms with Gasteiger partial charge in [0.2, 0.25) is 0 Å². The average Bonchev–Trinajstić information content (AvgIpc) is 2.71. The standard InChI is InChI=1S/C16H21ClFN3O/c1-11-14(12(2)21(19-11)6-7-22)10-20(3)9-13-4-5-15(17)16(18)8-13/h4-5,8,22H,6-7,9-10H2,1-3H3. The second-order valence-electron chi connectivity index (χ2n) is 5.52. The molecule has 2 aromatic rings. The van der Waals surface area contributed by atoms with E-state index in [1.807, 2.05) is 31.6 Å².